The van der Waals surface area contributed by atoms with Gasteiger partial charge >= 0.3 is 6.61 Å². The smallest absolute Gasteiger partial charge is 0.387 e. The van der Waals surface area contributed by atoms with Gasteiger partial charge in [0.2, 0.25) is 0 Å². The predicted octanol–water partition coefficient (Wildman–Crippen LogP) is 4.21. The van der Waals surface area contributed by atoms with Gasteiger partial charge < -0.3 is 19.9 Å². The third-order valence-electron chi connectivity index (χ3n) is 4.72. The van der Waals surface area contributed by atoms with E-state index in [0.717, 1.165) is 48.4 Å². The van der Waals surface area contributed by atoms with Gasteiger partial charge in [0, 0.05) is 52.1 Å². The molecule has 3 rings (SSSR count). The molecule has 166 valence electrons. The van der Waals surface area contributed by atoms with Crippen molar-refractivity contribution in [1.29, 1.82) is 0 Å². The fourth-order valence-corrected chi connectivity index (χ4v) is 4.19. The van der Waals surface area contributed by atoms with Crippen molar-refractivity contribution in [2.45, 2.75) is 32.4 Å². The third-order valence-corrected chi connectivity index (χ3v) is 5.67. The van der Waals surface area contributed by atoms with Crippen LogP contribution in [0, 0.1) is 0 Å². The Kier molecular flexibility index (Phi) is 10.0. The van der Waals surface area contributed by atoms with Crippen molar-refractivity contribution in [2.24, 2.45) is 4.99 Å². The first-order valence-electron chi connectivity index (χ1n) is 9.70. The van der Waals surface area contributed by atoms with Crippen molar-refractivity contribution in [3.63, 3.8) is 0 Å². The number of hydrogen-bond donors (Lipinski definition) is 1. The standard InChI is InChI=1S/C20H27F2N5OS.HI/c1-23-19(26(2)13-15-5-7-17(8-6-15)28-18(21)22)24-10-9-16-14-29-20(25-16)27-11-3-4-12-27;/h5-8,14,18H,3-4,9-13H2,1-2H3,(H,23,24);1H. The summed E-state index contributed by atoms with van der Waals surface area (Å²) in [7, 11) is 3.68. The molecular weight excluding hydrogens is 523 g/mol. The highest BCUT2D eigenvalue weighted by atomic mass is 127. The van der Waals surface area contributed by atoms with Gasteiger partial charge in [0.05, 0.1) is 5.69 Å². The Balaban J connectivity index is 0.00000320. The van der Waals surface area contributed by atoms with E-state index in [9.17, 15) is 8.78 Å². The molecule has 1 aromatic carbocycles. The summed E-state index contributed by atoms with van der Waals surface area (Å²) in [6.07, 6.45) is 3.33. The Morgan fingerprint density at radius 2 is 2.00 bits per heavy atom. The van der Waals surface area contributed by atoms with Crippen LogP contribution >= 0.6 is 35.3 Å². The lowest BCUT2D eigenvalue weighted by Crippen LogP contribution is -2.39. The predicted molar refractivity (Wildman–Crippen MR) is 129 cm³/mol. The SMILES string of the molecule is CN=C(NCCc1csc(N2CCCC2)n1)N(C)Cc1ccc(OC(F)F)cc1.I. The van der Waals surface area contributed by atoms with Gasteiger partial charge in [-0.05, 0) is 30.5 Å². The van der Waals surface area contributed by atoms with Gasteiger partial charge in [-0.25, -0.2) is 4.98 Å². The van der Waals surface area contributed by atoms with Crippen molar-refractivity contribution in [3.8, 4) is 5.75 Å². The summed E-state index contributed by atoms with van der Waals surface area (Å²) in [5.41, 5.74) is 2.07. The van der Waals surface area contributed by atoms with E-state index in [0.29, 0.717) is 6.54 Å². The summed E-state index contributed by atoms with van der Waals surface area (Å²) in [4.78, 5) is 13.4. The maximum atomic E-state index is 12.2. The maximum Gasteiger partial charge on any atom is 0.387 e. The number of halogens is 3. The molecular formula is C20H28F2IN5OS. The summed E-state index contributed by atoms with van der Waals surface area (Å²) in [6.45, 7) is 0.748. The molecule has 6 nitrogen and oxygen atoms in total. The first kappa shape index (κ1) is 24.6. The van der Waals surface area contributed by atoms with Crippen molar-refractivity contribution in [3.05, 3.63) is 40.9 Å². The fourth-order valence-electron chi connectivity index (χ4n) is 3.28. The van der Waals surface area contributed by atoms with Gasteiger partial charge in [-0.2, -0.15) is 8.78 Å². The number of anilines is 1. The summed E-state index contributed by atoms with van der Waals surface area (Å²) in [5, 5.41) is 6.61. The number of aliphatic imine (C=N–C) groups is 1. The van der Waals surface area contributed by atoms with Crippen LogP contribution < -0.4 is 15.0 Å². The van der Waals surface area contributed by atoms with E-state index in [1.807, 2.05) is 11.9 Å². The molecule has 1 aliphatic rings. The molecule has 10 heteroatoms. The molecule has 0 saturated carbocycles. The van der Waals surface area contributed by atoms with Gasteiger partial charge in [0.15, 0.2) is 11.1 Å². The van der Waals surface area contributed by atoms with Crippen LogP contribution in [0.4, 0.5) is 13.9 Å². The first-order chi connectivity index (χ1) is 14.0. The minimum absolute atomic E-state index is 0. The number of alkyl halides is 2. The number of benzene rings is 1. The van der Waals surface area contributed by atoms with Crippen LogP contribution in [0.5, 0.6) is 5.75 Å². The van der Waals surface area contributed by atoms with E-state index in [-0.39, 0.29) is 29.7 Å². The average molecular weight is 551 g/mol. The van der Waals surface area contributed by atoms with E-state index < -0.39 is 6.61 Å². The minimum Gasteiger partial charge on any atom is -0.435 e. The molecule has 30 heavy (non-hydrogen) atoms. The fraction of sp³-hybridized carbons (Fsp3) is 0.500. The van der Waals surface area contributed by atoms with Crippen LogP contribution in [0.25, 0.3) is 0 Å². The van der Waals surface area contributed by atoms with E-state index in [4.69, 9.17) is 4.98 Å². The number of hydrogen-bond acceptors (Lipinski definition) is 5. The Morgan fingerprint density at radius 3 is 2.63 bits per heavy atom. The molecule has 1 N–H and O–H groups in total. The van der Waals surface area contributed by atoms with E-state index in [1.54, 1.807) is 42.6 Å². The molecule has 0 unspecified atom stereocenters. The van der Waals surface area contributed by atoms with Crippen molar-refractivity contribution in [1.82, 2.24) is 15.2 Å². The lowest BCUT2D eigenvalue weighted by Gasteiger charge is -2.22. The molecule has 2 aromatic rings. The average Bonchev–Trinajstić information content (AvgIpc) is 3.38. The van der Waals surface area contributed by atoms with E-state index in [1.165, 1.54) is 12.8 Å². The van der Waals surface area contributed by atoms with Crippen LogP contribution in [0.15, 0.2) is 34.6 Å². The third kappa shape index (κ3) is 7.22. The second kappa shape index (κ2) is 12.2. The van der Waals surface area contributed by atoms with Gasteiger partial charge in [-0.15, -0.1) is 35.3 Å². The Hall–Kier alpha value is -1.69. The van der Waals surface area contributed by atoms with Crippen molar-refractivity contribution < 1.29 is 13.5 Å². The topological polar surface area (TPSA) is 53.0 Å². The van der Waals surface area contributed by atoms with E-state index >= 15 is 0 Å². The van der Waals surface area contributed by atoms with Crippen LogP contribution in [0.3, 0.4) is 0 Å². The number of rotatable bonds is 8. The highest BCUT2D eigenvalue weighted by Crippen LogP contribution is 2.24. The Bertz CT molecular complexity index is 797. The van der Waals surface area contributed by atoms with Crippen molar-refractivity contribution in [2.75, 3.05) is 38.6 Å². The van der Waals surface area contributed by atoms with Crippen LogP contribution in [-0.4, -0.2) is 56.2 Å². The highest BCUT2D eigenvalue weighted by Gasteiger charge is 2.15. The molecule has 1 fully saturated rings. The molecule has 2 heterocycles. The Labute approximate surface area is 197 Å². The molecule has 0 bridgehead atoms. The number of thiazole rings is 1. The zero-order valence-corrected chi connectivity index (χ0v) is 20.3. The lowest BCUT2D eigenvalue weighted by atomic mass is 10.2. The summed E-state index contributed by atoms with van der Waals surface area (Å²) in [5.74, 6) is 0.929. The minimum atomic E-state index is -2.81. The molecule has 0 spiro atoms. The van der Waals surface area contributed by atoms with Gasteiger partial charge in [0.1, 0.15) is 5.75 Å². The molecule has 0 aliphatic carbocycles. The Morgan fingerprint density at radius 1 is 1.30 bits per heavy atom. The number of ether oxygens (including phenoxy) is 1. The summed E-state index contributed by atoms with van der Waals surface area (Å²) < 4.78 is 28.9. The highest BCUT2D eigenvalue weighted by molar-refractivity contribution is 14.0. The molecule has 0 amide bonds. The van der Waals surface area contributed by atoms with Crippen LogP contribution in [0.1, 0.15) is 24.1 Å². The first-order valence-corrected chi connectivity index (χ1v) is 10.6. The lowest BCUT2D eigenvalue weighted by molar-refractivity contribution is -0.0498. The largest absolute Gasteiger partial charge is 0.435 e. The second-order valence-corrected chi connectivity index (χ2v) is 7.75. The van der Waals surface area contributed by atoms with E-state index in [2.05, 4.69) is 25.3 Å². The number of nitrogens with one attached hydrogen (secondary N) is 1. The number of aromatic nitrogens is 1. The normalized spacial score (nSPS) is 14.0. The zero-order valence-electron chi connectivity index (χ0n) is 17.2. The summed E-state index contributed by atoms with van der Waals surface area (Å²) in [6, 6.07) is 6.64. The van der Waals surface area contributed by atoms with Gasteiger partial charge in [-0.1, -0.05) is 12.1 Å². The van der Waals surface area contributed by atoms with Crippen LogP contribution in [-0.2, 0) is 13.0 Å². The zero-order chi connectivity index (χ0) is 20.6. The maximum absolute atomic E-state index is 12.2. The van der Waals surface area contributed by atoms with Gasteiger partial charge in [-0.3, -0.25) is 4.99 Å². The monoisotopic (exact) mass is 551 g/mol. The number of guanidine groups is 1. The van der Waals surface area contributed by atoms with Crippen molar-refractivity contribution >= 4 is 46.4 Å². The number of nitrogens with zero attached hydrogens (tertiary/aromatic N) is 4. The molecule has 1 saturated heterocycles. The molecule has 1 aromatic heterocycles. The molecule has 0 radical (unpaired) electrons. The van der Waals surface area contributed by atoms with Crippen LogP contribution in [0.2, 0.25) is 0 Å². The summed E-state index contributed by atoms with van der Waals surface area (Å²) >= 11 is 1.71. The molecule has 0 atom stereocenters. The second-order valence-electron chi connectivity index (χ2n) is 6.92. The van der Waals surface area contributed by atoms with Gasteiger partial charge in [0.25, 0.3) is 0 Å². The molecule has 1 aliphatic heterocycles. The quantitative estimate of drug-likeness (QED) is 0.303.